The smallest absolute Gasteiger partial charge is 0.262 e. The maximum absolute atomic E-state index is 13.4. The van der Waals surface area contributed by atoms with Crippen LogP contribution in [0.4, 0.5) is 0 Å². The van der Waals surface area contributed by atoms with Crippen LogP contribution < -0.4 is 10.2 Å². The lowest BCUT2D eigenvalue weighted by atomic mass is 9.88. The zero-order chi connectivity index (χ0) is 20.9. The molecule has 0 saturated carbocycles. The molecule has 1 heterocycles. The normalized spacial score (nSPS) is 20.6. The van der Waals surface area contributed by atoms with Gasteiger partial charge < -0.3 is 4.74 Å². The number of nitrogens with zero attached hydrogens (tertiary/aromatic N) is 1. The lowest BCUT2D eigenvalue weighted by molar-refractivity contribution is -0.134. The van der Waals surface area contributed by atoms with Crippen LogP contribution in [-0.4, -0.2) is 43.5 Å². The van der Waals surface area contributed by atoms with Gasteiger partial charge in [-0.2, -0.15) is 4.31 Å². The fourth-order valence-electron chi connectivity index (χ4n) is 3.90. The number of benzene rings is 2. The van der Waals surface area contributed by atoms with Crippen LogP contribution in [0.2, 0.25) is 0 Å². The monoisotopic (exact) mass is 418 g/mol. The van der Waals surface area contributed by atoms with Crippen molar-refractivity contribution in [2.45, 2.75) is 36.6 Å². The number of hydrogen-bond donors (Lipinski definition) is 2. The van der Waals surface area contributed by atoms with Crippen molar-refractivity contribution in [3.63, 3.8) is 0 Å². The van der Waals surface area contributed by atoms with Gasteiger partial charge in [-0.15, -0.1) is 0 Å². The summed E-state index contributed by atoms with van der Waals surface area (Å²) in [7, 11) is -2.43. The minimum Gasteiger partial charge on any atom is -0.497 e. The van der Waals surface area contributed by atoms with E-state index in [1.54, 1.807) is 17.6 Å². The molecule has 0 unspecified atom stereocenters. The number of carbonyl (C=O) groups excluding carboxylic acids is 1. The van der Waals surface area contributed by atoms with Crippen LogP contribution in [0, 0.1) is 5.92 Å². The Morgan fingerprint density at radius 2 is 1.83 bits per heavy atom. The van der Waals surface area contributed by atoms with Crippen LogP contribution in [0.25, 0.3) is 0 Å². The average Bonchev–Trinajstić information content (AvgIpc) is 2.97. The summed E-state index contributed by atoms with van der Waals surface area (Å²) in [6.45, 7) is 0.220. The van der Waals surface area contributed by atoms with E-state index in [-0.39, 0.29) is 17.4 Å². The van der Waals surface area contributed by atoms with E-state index in [4.69, 9.17) is 4.74 Å². The van der Waals surface area contributed by atoms with Crippen molar-refractivity contribution < 1.29 is 23.2 Å². The van der Waals surface area contributed by atoms with Gasteiger partial charge in [-0.05, 0) is 55.0 Å². The second kappa shape index (κ2) is 9.39. The van der Waals surface area contributed by atoms with E-state index in [2.05, 4.69) is 0 Å². The van der Waals surface area contributed by atoms with Crippen molar-refractivity contribution in [2.24, 2.45) is 5.92 Å². The summed E-state index contributed by atoms with van der Waals surface area (Å²) in [4.78, 5) is 12.7. The van der Waals surface area contributed by atoms with Gasteiger partial charge in [0, 0.05) is 6.54 Å². The molecule has 0 aliphatic carbocycles. The number of nitrogens with one attached hydrogen (secondary N) is 1. The second-order valence-corrected chi connectivity index (χ2v) is 9.05. The third-order valence-corrected chi connectivity index (χ3v) is 7.24. The molecule has 0 aromatic heterocycles. The Morgan fingerprint density at radius 3 is 2.45 bits per heavy atom. The van der Waals surface area contributed by atoms with Crippen LogP contribution in [0.15, 0.2) is 59.5 Å². The first kappa shape index (κ1) is 21.3. The highest BCUT2D eigenvalue weighted by molar-refractivity contribution is 7.89. The second-order valence-electron chi connectivity index (χ2n) is 7.16. The molecule has 1 aliphatic heterocycles. The predicted molar refractivity (Wildman–Crippen MR) is 108 cm³/mol. The zero-order valence-electron chi connectivity index (χ0n) is 16.3. The van der Waals surface area contributed by atoms with E-state index in [0.717, 1.165) is 12.0 Å². The molecule has 29 heavy (non-hydrogen) atoms. The molecule has 0 spiro atoms. The molecule has 2 aromatic carbocycles. The molecule has 0 radical (unpaired) electrons. The summed E-state index contributed by atoms with van der Waals surface area (Å²) in [6, 6.07) is 14.8. The molecule has 2 N–H and O–H groups in total. The Morgan fingerprint density at radius 1 is 1.14 bits per heavy atom. The number of carbonyl (C=O) groups is 1. The minimum atomic E-state index is -3.93. The Hall–Kier alpha value is -2.42. The first-order chi connectivity index (χ1) is 14.0. The van der Waals surface area contributed by atoms with Crippen molar-refractivity contribution in [2.75, 3.05) is 13.7 Å². The number of ether oxygens (including phenoxy) is 1. The van der Waals surface area contributed by atoms with Gasteiger partial charge >= 0.3 is 0 Å². The van der Waals surface area contributed by atoms with E-state index in [1.165, 1.54) is 23.5 Å². The number of methoxy groups -OCH3 is 1. The van der Waals surface area contributed by atoms with Gasteiger partial charge in [0.25, 0.3) is 5.91 Å². The Kier molecular flexibility index (Phi) is 6.89. The molecule has 1 aliphatic rings. The summed E-state index contributed by atoms with van der Waals surface area (Å²) in [5, 5.41) is 9.35. The molecule has 0 bridgehead atoms. The molecule has 2 aromatic rings. The highest BCUT2D eigenvalue weighted by atomic mass is 32.2. The van der Waals surface area contributed by atoms with Gasteiger partial charge in [0.2, 0.25) is 10.0 Å². The summed E-state index contributed by atoms with van der Waals surface area (Å²) in [5.74, 6) is -0.406. The largest absolute Gasteiger partial charge is 0.497 e. The highest BCUT2D eigenvalue weighted by Gasteiger charge is 2.41. The van der Waals surface area contributed by atoms with E-state index >= 15 is 0 Å². The molecule has 1 amide bonds. The van der Waals surface area contributed by atoms with Crippen LogP contribution >= 0.6 is 0 Å². The maximum atomic E-state index is 13.4. The molecule has 3 rings (SSSR count). The number of sulfonamides is 1. The fraction of sp³-hybridized carbons (Fsp3) is 0.381. The zero-order valence-corrected chi connectivity index (χ0v) is 17.1. The number of amides is 1. The SMILES string of the molecule is COc1ccc(S(=O)(=O)N2CCCC[C@H](Cc3ccccc3)[C@H]2C(=O)NO)cc1. The van der Waals surface area contributed by atoms with Crippen LogP contribution in [0.3, 0.4) is 0 Å². The van der Waals surface area contributed by atoms with Gasteiger partial charge in [-0.3, -0.25) is 10.0 Å². The van der Waals surface area contributed by atoms with Crippen molar-refractivity contribution in [3.8, 4) is 5.75 Å². The Labute approximate surface area is 171 Å². The molecule has 2 atom stereocenters. The van der Waals surface area contributed by atoms with Crippen LogP contribution in [0.1, 0.15) is 24.8 Å². The van der Waals surface area contributed by atoms with Crippen LogP contribution in [0.5, 0.6) is 5.75 Å². The number of rotatable bonds is 6. The van der Waals surface area contributed by atoms with Crippen molar-refractivity contribution in [1.82, 2.24) is 9.79 Å². The molecule has 7 nitrogen and oxygen atoms in total. The van der Waals surface area contributed by atoms with Crippen molar-refractivity contribution >= 4 is 15.9 Å². The predicted octanol–water partition coefficient (Wildman–Crippen LogP) is 2.60. The molecular formula is C21H26N2O5S. The van der Waals surface area contributed by atoms with E-state index in [9.17, 15) is 18.4 Å². The van der Waals surface area contributed by atoms with Gasteiger partial charge in [-0.1, -0.05) is 36.8 Å². The number of hydroxylamine groups is 1. The van der Waals surface area contributed by atoms with E-state index in [1.807, 2.05) is 30.3 Å². The Balaban J connectivity index is 1.98. The Bertz CT molecular complexity index is 916. The number of hydrogen-bond acceptors (Lipinski definition) is 5. The lowest BCUT2D eigenvalue weighted by Gasteiger charge is -2.32. The van der Waals surface area contributed by atoms with E-state index < -0.39 is 22.0 Å². The third kappa shape index (κ3) is 4.77. The van der Waals surface area contributed by atoms with Gasteiger partial charge in [-0.25, -0.2) is 13.9 Å². The minimum absolute atomic E-state index is 0.0920. The van der Waals surface area contributed by atoms with E-state index in [0.29, 0.717) is 25.0 Å². The maximum Gasteiger partial charge on any atom is 0.262 e. The van der Waals surface area contributed by atoms with Crippen molar-refractivity contribution in [1.29, 1.82) is 0 Å². The average molecular weight is 419 g/mol. The topological polar surface area (TPSA) is 95.9 Å². The molecule has 156 valence electrons. The van der Waals surface area contributed by atoms with Crippen LogP contribution in [-0.2, 0) is 21.2 Å². The summed E-state index contributed by atoms with van der Waals surface area (Å²) >= 11 is 0. The quantitative estimate of drug-likeness (QED) is 0.555. The molecule has 1 saturated heterocycles. The van der Waals surface area contributed by atoms with Gasteiger partial charge in [0.05, 0.1) is 12.0 Å². The lowest BCUT2D eigenvalue weighted by Crippen LogP contribution is -2.52. The standard InChI is InChI=1S/C21H26N2O5S/c1-28-18-10-12-19(13-11-18)29(26,27)23-14-6-5-9-17(20(23)21(24)22-25)15-16-7-3-2-4-8-16/h2-4,7-8,10-13,17,20,25H,5-6,9,14-15H2,1H3,(H,22,24)/t17-,20+/m1/s1. The first-order valence-electron chi connectivity index (χ1n) is 9.61. The van der Waals surface area contributed by atoms with Gasteiger partial charge in [0.1, 0.15) is 11.8 Å². The summed E-state index contributed by atoms with van der Waals surface area (Å²) in [6.07, 6.45) is 2.70. The highest BCUT2D eigenvalue weighted by Crippen LogP contribution is 2.31. The first-order valence-corrected chi connectivity index (χ1v) is 11.0. The summed E-state index contributed by atoms with van der Waals surface area (Å²) in [5.41, 5.74) is 2.71. The summed E-state index contributed by atoms with van der Waals surface area (Å²) < 4.78 is 33.1. The fourth-order valence-corrected chi connectivity index (χ4v) is 5.59. The molecular weight excluding hydrogens is 392 g/mol. The molecule has 8 heteroatoms. The molecule has 1 fully saturated rings. The van der Waals surface area contributed by atoms with Gasteiger partial charge in [0.15, 0.2) is 0 Å². The van der Waals surface area contributed by atoms with Crippen molar-refractivity contribution in [3.05, 3.63) is 60.2 Å². The third-order valence-electron chi connectivity index (χ3n) is 5.35.